The van der Waals surface area contributed by atoms with Crippen molar-refractivity contribution in [2.75, 3.05) is 0 Å². The molecule has 0 N–H and O–H groups in total. The number of hydrogen-bond acceptors (Lipinski definition) is 0. The van der Waals surface area contributed by atoms with Crippen LogP contribution < -0.4 is 0 Å². The zero-order valence-electron chi connectivity index (χ0n) is 14.8. The van der Waals surface area contributed by atoms with Crippen LogP contribution in [0.4, 0.5) is 0 Å². The maximum absolute atomic E-state index is 6.03. The molecule has 2 aromatic rings. The monoisotopic (exact) mass is 352 g/mol. The Labute approximate surface area is 152 Å². The molecule has 24 heavy (non-hydrogen) atoms. The maximum atomic E-state index is 6.03. The number of benzene rings is 2. The van der Waals surface area contributed by atoms with E-state index in [0.717, 1.165) is 23.1 Å². The van der Waals surface area contributed by atoms with Gasteiger partial charge in [0.2, 0.25) is 0 Å². The van der Waals surface area contributed by atoms with Crippen LogP contribution in [0.3, 0.4) is 0 Å². The third kappa shape index (κ3) is 6.39. The summed E-state index contributed by atoms with van der Waals surface area (Å²) in [5.41, 5.74) is 3.56. The van der Waals surface area contributed by atoms with E-state index in [2.05, 4.69) is 50.2 Å². The average molecular weight is 353 g/mol. The Morgan fingerprint density at radius 1 is 1.04 bits per heavy atom. The third-order valence-corrected chi connectivity index (χ3v) is 5.52. The van der Waals surface area contributed by atoms with Gasteiger partial charge in [0.25, 0.3) is 0 Å². The molecule has 0 bridgehead atoms. The van der Waals surface area contributed by atoms with Gasteiger partial charge in [0.1, 0.15) is 0 Å². The second-order valence-corrected chi connectivity index (χ2v) is 13.3. The lowest BCUT2D eigenvalue weighted by Gasteiger charge is -2.20. The molecule has 0 saturated carbocycles. The van der Waals surface area contributed by atoms with Gasteiger partial charge in [-0.25, -0.2) is 0 Å². The summed E-state index contributed by atoms with van der Waals surface area (Å²) >= 11 is 6.03. The minimum atomic E-state index is -1.15. The minimum Gasteiger partial charge on any atom is -0.100 e. The van der Waals surface area contributed by atoms with Crippen molar-refractivity contribution in [3.8, 4) is 11.8 Å². The van der Waals surface area contributed by atoms with Crippen molar-refractivity contribution < 1.29 is 0 Å². The van der Waals surface area contributed by atoms with E-state index in [4.69, 9.17) is 11.6 Å². The molecule has 2 aromatic carbocycles. The maximum Gasteiger partial charge on any atom is 0.0492 e. The molecule has 0 saturated heterocycles. The molecule has 0 radical (unpaired) electrons. The SMILES string of the molecule is C=C(CC(C#Cc1ccccc1)c1ccc(Cl)cc1)C[Si](C)(C)C. The number of hydrogen-bond donors (Lipinski definition) is 0. The summed E-state index contributed by atoms with van der Waals surface area (Å²) < 4.78 is 0. The van der Waals surface area contributed by atoms with Gasteiger partial charge in [0, 0.05) is 24.6 Å². The Kier molecular flexibility index (Phi) is 6.49. The van der Waals surface area contributed by atoms with E-state index in [0.29, 0.717) is 0 Å². The lowest BCUT2D eigenvalue weighted by molar-refractivity contribution is 0.849. The van der Waals surface area contributed by atoms with E-state index in [1.807, 2.05) is 42.5 Å². The van der Waals surface area contributed by atoms with Crippen LogP contribution in [0.25, 0.3) is 0 Å². The summed E-state index contributed by atoms with van der Waals surface area (Å²) in [5.74, 6) is 6.92. The van der Waals surface area contributed by atoms with Crippen molar-refractivity contribution >= 4 is 19.7 Å². The lowest BCUT2D eigenvalue weighted by atomic mass is 9.93. The summed E-state index contributed by atoms with van der Waals surface area (Å²) in [5, 5.41) is 0.759. The first-order valence-corrected chi connectivity index (χ1v) is 12.4. The van der Waals surface area contributed by atoms with Gasteiger partial charge in [-0.3, -0.25) is 0 Å². The Bertz CT molecular complexity index is 728. The van der Waals surface area contributed by atoms with Crippen molar-refractivity contribution in [1.29, 1.82) is 0 Å². The van der Waals surface area contributed by atoms with Crippen molar-refractivity contribution in [1.82, 2.24) is 0 Å². The second kappa shape index (κ2) is 8.38. The van der Waals surface area contributed by atoms with E-state index in [-0.39, 0.29) is 5.92 Å². The third-order valence-electron chi connectivity index (χ3n) is 3.71. The molecular weight excluding hydrogens is 328 g/mol. The van der Waals surface area contributed by atoms with Crippen LogP contribution in [-0.4, -0.2) is 8.07 Å². The van der Waals surface area contributed by atoms with Gasteiger partial charge >= 0.3 is 0 Å². The van der Waals surface area contributed by atoms with Crippen LogP contribution in [0.1, 0.15) is 23.5 Å². The standard InChI is InChI=1S/C22H25ClSi/c1-18(17-24(2,3)4)16-21(20-12-14-22(23)15-13-20)11-10-19-8-6-5-7-9-19/h5-9,12-15,21H,1,16-17H2,2-4H3. The van der Waals surface area contributed by atoms with E-state index >= 15 is 0 Å². The summed E-state index contributed by atoms with van der Waals surface area (Å²) in [4.78, 5) is 0. The van der Waals surface area contributed by atoms with Crippen molar-refractivity contribution in [2.45, 2.75) is 38.0 Å². The van der Waals surface area contributed by atoms with Crippen LogP contribution in [0.5, 0.6) is 0 Å². The smallest absolute Gasteiger partial charge is 0.0492 e. The fraction of sp³-hybridized carbons (Fsp3) is 0.273. The Hall–Kier alpha value is -1.75. The van der Waals surface area contributed by atoms with Gasteiger partial charge in [-0.15, -0.1) is 6.58 Å². The molecular formula is C22H25ClSi. The zero-order valence-corrected chi connectivity index (χ0v) is 16.5. The Morgan fingerprint density at radius 2 is 1.67 bits per heavy atom. The van der Waals surface area contributed by atoms with Crippen LogP contribution in [-0.2, 0) is 0 Å². The summed E-state index contributed by atoms with van der Waals surface area (Å²) in [6.07, 6.45) is 0.908. The largest absolute Gasteiger partial charge is 0.100 e. The molecule has 0 fully saturated rings. The molecule has 1 unspecified atom stereocenters. The van der Waals surface area contributed by atoms with Crippen LogP contribution in [0, 0.1) is 11.8 Å². The molecule has 2 heteroatoms. The Balaban J connectivity index is 2.23. The van der Waals surface area contributed by atoms with Crippen LogP contribution in [0.15, 0.2) is 66.7 Å². The van der Waals surface area contributed by atoms with Gasteiger partial charge in [-0.1, -0.05) is 79.0 Å². The van der Waals surface area contributed by atoms with E-state index in [1.165, 1.54) is 11.1 Å². The topological polar surface area (TPSA) is 0 Å². The normalized spacial score (nSPS) is 12.2. The predicted molar refractivity (Wildman–Crippen MR) is 109 cm³/mol. The predicted octanol–water partition coefficient (Wildman–Crippen LogP) is 6.76. The molecule has 124 valence electrons. The van der Waals surface area contributed by atoms with E-state index in [1.54, 1.807) is 0 Å². The van der Waals surface area contributed by atoms with Gasteiger partial charge in [-0.2, -0.15) is 0 Å². The highest BCUT2D eigenvalue weighted by Crippen LogP contribution is 2.28. The van der Waals surface area contributed by atoms with Gasteiger partial charge in [-0.05, 0) is 42.3 Å². The number of halogens is 1. The van der Waals surface area contributed by atoms with E-state index < -0.39 is 8.07 Å². The molecule has 0 spiro atoms. The van der Waals surface area contributed by atoms with Crippen molar-refractivity contribution in [3.63, 3.8) is 0 Å². The van der Waals surface area contributed by atoms with E-state index in [9.17, 15) is 0 Å². The van der Waals surface area contributed by atoms with Gasteiger partial charge < -0.3 is 0 Å². The highest BCUT2D eigenvalue weighted by Gasteiger charge is 2.17. The summed E-state index contributed by atoms with van der Waals surface area (Å²) in [6.45, 7) is 11.5. The van der Waals surface area contributed by atoms with Crippen LogP contribution in [0.2, 0.25) is 30.7 Å². The van der Waals surface area contributed by atoms with Crippen molar-refractivity contribution in [3.05, 3.63) is 82.9 Å². The minimum absolute atomic E-state index is 0.159. The first kappa shape index (κ1) is 18.6. The van der Waals surface area contributed by atoms with Gasteiger partial charge in [0.15, 0.2) is 0 Å². The molecule has 0 heterocycles. The van der Waals surface area contributed by atoms with Crippen molar-refractivity contribution in [2.24, 2.45) is 0 Å². The fourth-order valence-electron chi connectivity index (χ4n) is 2.75. The molecule has 0 aliphatic heterocycles. The molecule has 1 atom stereocenters. The first-order valence-electron chi connectivity index (χ1n) is 8.32. The summed E-state index contributed by atoms with van der Waals surface area (Å²) in [7, 11) is -1.15. The molecule has 0 aromatic heterocycles. The average Bonchev–Trinajstić information content (AvgIpc) is 2.51. The Morgan fingerprint density at radius 3 is 2.25 bits per heavy atom. The molecule has 0 aliphatic carbocycles. The zero-order chi connectivity index (χ0) is 17.6. The second-order valence-electron chi connectivity index (χ2n) is 7.43. The molecule has 0 aliphatic rings. The lowest BCUT2D eigenvalue weighted by Crippen LogP contribution is -2.20. The van der Waals surface area contributed by atoms with Gasteiger partial charge in [0.05, 0.1) is 0 Å². The first-order chi connectivity index (χ1) is 11.3. The molecule has 2 rings (SSSR count). The number of allylic oxidation sites excluding steroid dienone is 1. The van der Waals surface area contributed by atoms with Crippen LogP contribution >= 0.6 is 11.6 Å². The number of rotatable bonds is 5. The quantitative estimate of drug-likeness (QED) is 0.317. The highest BCUT2D eigenvalue weighted by atomic mass is 35.5. The molecule has 0 amide bonds. The summed E-state index contributed by atoms with van der Waals surface area (Å²) in [6, 6.07) is 19.3. The fourth-order valence-corrected chi connectivity index (χ4v) is 4.52. The molecule has 0 nitrogen and oxygen atoms in total. The highest BCUT2D eigenvalue weighted by molar-refractivity contribution is 6.76.